The van der Waals surface area contributed by atoms with Gasteiger partial charge in [-0.1, -0.05) is 24.3 Å². The van der Waals surface area contributed by atoms with E-state index in [1.165, 1.54) is 0 Å². The molecule has 2 aromatic heterocycles. The molecule has 0 aliphatic heterocycles. The molecular formula is C13H10N6. The zero-order chi connectivity index (χ0) is 12.7. The largest absolute Gasteiger partial charge is 0.172 e. The average molecular weight is 250 g/mol. The Bertz CT molecular complexity index is 721. The Balaban J connectivity index is 1.73. The van der Waals surface area contributed by atoms with Crippen LogP contribution in [0.3, 0.4) is 0 Å². The van der Waals surface area contributed by atoms with E-state index in [1.807, 2.05) is 48.5 Å². The lowest BCUT2D eigenvalue weighted by atomic mass is 10.3. The number of hydrogen-bond acceptors (Lipinski definition) is 4. The van der Waals surface area contributed by atoms with Crippen molar-refractivity contribution in [1.29, 1.82) is 0 Å². The summed E-state index contributed by atoms with van der Waals surface area (Å²) in [5.41, 5.74) is 3.50. The molecule has 4 aromatic rings. The summed E-state index contributed by atoms with van der Waals surface area (Å²) in [6, 6.07) is 15.5. The van der Waals surface area contributed by atoms with E-state index in [-0.39, 0.29) is 0 Å². The Hall–Kier alpha value is -2.76. The van der Waals surface area contributed by atoms with E-state index in [0.717, 1.165) is 22.1 Å². The molecule has 2 heterocycles. The van der Waals surface area contributed by atoms with E-state index in [0.29, 0.717) is 6.67 Å². The van der Waals surface area contributed by atoms with Crippen molar-refractivity contribution >= 4 is 22.1 Å². The van der Waals surface area contributed by atoms with Crippen molar-refractivity contribution in [2.75, 3.05) is 0 Å². The molecule has 6 nitrogen and oxygen atoms in total. The summed E-state index contributed by atoms with van der Waals surface area (Å²) in [5.74, 6) is 0. The van der Waals surface area contributed by atoms with Crippen LogP contribution in [0.1, 0.15) is 0 Å². The van der Waals surface area contributed by atoms with Gasteiger partial charge in [0.1, 0.15) is 22.1 Å². The fourth-order valence-electron chi connectivity index (χ4n) is 2.05. The SMILES string of the molecule is c1ccc2nn(Cn3nc4ccccc4n3)nc2c1. The molecule has 6 heteroatoms. The Kier molecular flexibility index (Phi) is 2.08. The third kappa shape index (κ3) is 1.74. The number of nitrogens with zero attached hydrogens (tertiary/aromatic N) is 6. The van der Waals surface area contributed by atoms with Crippen LogP contribution >= 0.6 is 0 Å². The Morgan fingerprint density at radius 3 is 1.21 bits per heavy atom. The van der Waals surface area contributed by atoms with E-state index in [4.69, 9.17) is 0 Å². The topological polar surface area (TPSA) is 61.4 Å². The molecule has 0 N–H and O–H groups in total. The summed E-state index contributed by atoms with van der Waals surface area (Å²) >= 11 is 0. The van der Waals surface area contributed by atoms with Crippen molar-refractivity contribution in [3.63, 3.8) is 0 Å². The van der Waals surface area contributed by atoms with Gasteiger partial charge in [0.05, 0.1) is 0 Å². The Morgan fingerprint density at radius 2 is 0.895 bits per heavy atom. The van der Waals surface area contributed by atoms with Gasteiger partial charge in [0, 0.05) is 0 Å². The first-order valence-electron chi connectivity index (χ1n) is 5.98. The van der Waals surface area contributed by atoms with Gasteiger partial charge in [-0.25, -0.2) is 0 Å². The van der Waals surface area contributed by atoms with Gasteiger partial charge in [0.25, 0.3) is 0 Å². The van der Waals surface area contributed by atoms with Crippen LogP contribution in [-0.4, -0.2) is 30.0 Å². The van der Waals surface area contributed by atoms with Crippen molar-refractivity contribution in [2.24, 2.45) is 0 Å². The lowest BCUT2D eigenvalue weighted by molar-refractivity contribution is 0.421. The third-order valence-corrected chi connectivity index (χ3v) is 2.91. The second-order valence-electron chi connectivity index (χ2n) is 4.26. The predicted molar refractivity (Wildman–Crippen MR) is 70.5 cm³/mol. The summed E-state index contributed by atoms with van der Waals surface area (Å²) in [7, 11) is 0. The normalized spacial score (nSPS) is 11.4. The monoisotopic (exact) mass is 250 g/mol. The van der Waals surface area contributed by atoms with Crippen LogP contribution in [0.15, 0.2) is 48.5 Å². The molecule has 0 bridgehead atoms. The van der Waals surface area contributed by atoms with Crippen LogP contribution in [0, 0.1) is 0 Å². The van der Waals surface area contributed by atoms with Crippen molar-refractivity contribution in [2.45, 2.75) is 6.67 Å². The smallest absolute Gasteiger partial charge is 0.160 e. The van der Waals surface area contributed by atoms with Crippen molar-refractivity contribution in [1.82, 2.24) is 30.0 Å². The number of rotatable bonds is 2. The molecule has 0 fully saturated rings. The van der Waals surface area contributed by atoms with Crippen molar-refractivity contribution in [3.05, 3.63) is 48.5 Å². The molecule has 0 unspecified atom stereocenters. The summed E-state index contributed by atoms with van der Waals surface area (Å²) in [4.78, 5) is 3.20. The minimum Gasteiger partial charge on any atom is -0.160 e. The third-order valence-electron chi connectivity index (χ3n) is 2.91. The van der Waals surface area contributed by atoms with Crippen LogP contribution in [0.25, 0.3) is 22.1 Å². The minimum atomic E-state index is 0.406. The maximum Gasteiger partial charge on any atom is 0.172 e. The van der Waals surface area contributed by atoms with Gasteiger partial charge in [-0.2, -0.15) is 30.0 Å². The minimum absolute atomic E-state index is 0.406. The van der Waals surface area contributed by atoms with E-state index in [1.54, 1.807) is 9.59 Å². The summed E-state index contributed by atoms with van der Waals surface area (Å²) in [6.07, 6.45) is 0. The van der Waals surface area contributed by atoms with Gasteiger partial charge in [-0.3, -0.25) is 0 Å². The molecule has 0 aliphatic rings. The highest BCUT2D eigenvalue weighted by atomic mass is 15.6. The molecule has 19 heavy (non-hydrogen) atoms. The molecular weight excluding hydrogens is 240 g/mol. The standard InChI is InChI=1S/C13H10N6/c1-2-6-11-10(5-1)14-18(15-11)9-19-16-12-7-3-4-8-13(12)17-19/h1-8H,9H2. The zero-order valence-electron chi connectivity index (χ0n) is 10.0. The van der Waals surface area contributed by atoms with Crippen LogP contribution in [-0.2, 0) is 6.67 Å². The van der Waals surface area contributed by atoms with Crippen molar-refractivity contribution in [3.8, 4) is 0 Å². The lowest BCUT2D eigenvalue weighted by Crippen LogP contribution is -2.13. The molecule has 0 radical (unpaired) electrons. The maximum atomic E-state index is 4.38. The average Bonchev–Trinajstić information content (AvgIpc) is 3.00. The lowest BCUT2D eigenvalue weighted by Gasteiger charge is -1.96. The van der Waals surface area contributed by atoms with Crippen LogP contribution in [0.5, 0.6) is 0 Å². The van der Waals surface area contributed by atoms with Gasteiger partial charge in [0.15, 0.2) is 6.67 Å². The zero-order valence-corrected chi connectivity index (χ0v) is 10.0. The van der Waals surface area contributed by atoms with Crippen LogP contribution < -0.4 is 0 Å². The maximum absolute atomic E-state index is 4.38. The van der Waals surface area contributed by atoms with Gasteiger partial charge in [0.2, 0.25) is 0 Å². The molecule has 0 saturated heterocycles. The van der Waals surface area contributed by atoms with E-state index >= 15 is 0 Å². The van der Waals surface area contributed by atoms with E-state index < -0.39 is 0 Å². The first-order chi connectivity index (χ1) is 9.38. The van der Waals surface area contributed by atoms with Gasteiger partial charge >= 0.3 is 0 Å². The second-order valence-corrected chi connectivity index (χ2v) is 4.26. The van der Waals surface area contributed by atoms with Gasteiger partial charge < -0.3 is 0 Å². The van der Waals surface area contributed by atoms with Crippen LogP contribution in [0.4, 0.5) is 0 Å². The molecule has 0 aliphatic carbocycles. The first-order valence-corrected chi connectivity index (χ1v) is 5.98. The highest BCUT2D eigenvalue weighted by molar-refractivity contribution is 5.73. The fraction of sp³-hybridized carbons (Fsp3) is 0.0769. The fourth-order valence-corrected chi connectivity index (χ4v) is 2.05. The van der Waals surface area contributed by atoms with E-state index in [2.05, 4.69) is 20.4 Å². The number of benzene rings is 2. The van der Waals surface area contributed by atoms with E-state index in [9.17, 15) is 0 Å². The quantitative estimate of drug-likeness (QED) is 0.543. The number of aromatic nitrogens is 6. The van der Waals surface area contributed by atoms with Gasteiger partial charge in [-0.15, -0.1) is 0 Å². The molecule has 4 rings (SSSR count). The first kappa shape index (κ1) is 10.2. The number of fused-ring (bicyclic) bond motifs is 2. The predicted octanol–water partition coefficient (Wildman–Crippen LogP) is 1.68. The molecule has 0 amide bonds. The Labute approximate surface area is 108 Å². The second kappa shape index (κ2) is 3.88. The molecule has 2 aromatic carbocycles. The number of hydrogen-bond donors (Lipinski definition) is 0. The van der Waals surface area contributed by atoms with Crippen LogP contribution in [0.2, 0.25) is 0 Å². The Morgan fingerprint density at radius 1 is 0.579 bits per heavy atom. The summed E-state index contributed by atoms with van der Waals surface area (Å²) < 4.78 is 0. The molecule has 0 spiro atoms. The molecule has 92 valence electrons. The van der Waals surface area contributed by atoms with Crippen molar-refractivity contribution < 1.29 is 0 Å². The van der Waals surface area contributed by atoms with Gasteiger partial charge in [-0.05, 0) is 24.3 Å². The molecule has 0 atom stereocenters. The highest BCUT2D eigenvalue weighted by Gasteiger charge is 2.05. The summed E-state index contributed by atoms with van der Waals surface area (Å²) in [5, 5.41) is 17.5. The summed E-state index contributed by atoms with van der Waals surface area (Å²) in [6.45, 7) is 0.406. The molecule has 0 saturated carbocycles. The highest BCUT2D eigenvalue weighted by Crippen LogP contribution is 2.09.